The zero-order chi connectivity index (χ0) is 22.3. The summed E-state index contributed by atoms with van der Waals surface area (Å²) in [7, 11) is 0. The van der Waals surface area contributed by atoms with Crippen molar-refractivity contribution in [2.75, 3.05) is 0 Å². The average molecular weight is 470 g/mol. The molecule has 2 atom stereocenters. The number of carbonyl (C=O) groups excluding carboxylic acids is 2. The van der Waals surface area contributed by atoms with Gasteiger partial charge < -0.3 is 10.2 Å². The average Bonchev–Trinajstić information content (AvgIpc) is 2.71. The van der Waals surface area contributed by atoms with Gasteiger partial charge in [-0.2, -0.15) is 0 Å². The van der Waals surface area contributed by atoms with Gasteiger partial charge >= 0.3 is 0 Å². The van der Waals surface area contributed by atoms with E-state index in [9.17, 15) is 9.59 Å². The number of amides is 2. The zero-order valence-corrected chi connectivity index (χ0v) is 19.7. The topological polar surface area (TPSA) is 49.4 Å². The van der Waals surface area contributed by atoms with E-state index in [0.29, 0.717) is 32.6 Å². The van der Waals surface area contributed by atoms with Gasteiger partial charge in [-0.1, -0.05) is 72.9 Å². The van der Waals surface area contributed by atoms with E-state index in [0.717, 1.165) is 6.42 Å². The van der Waals surface area contributed by atoms with Crippen molar-refractivity contribution < 1.29 is 9.59 Å². The third kappa shape index (κ3) is 6.37. The minimum absolute atomic E-state index is 0.0102. The highest BCUT2D eigenvalue weighted by Crippen LogP contribution is 2.27. The van der Waals surface area contributed by atoms with Crippen LogP contribution in [0.1, 0.15) is 44.7 Å². The number of hydrogen-bond acceptors (Lipinski definition) is 2. The lowest BCUT2D eigenvalue weighted by Gasteiger charge is -2.32. The maximum atomic E-state index is 13.4. The van der Waals surface area contributed by atoms with Gasteiger partial charge in [0.1, 0.15) is 6.04 Å². The monoisotopic (exact) mass is 468 g/mol. The highest BCUT2D eigenvalue weighted by molar-refractivity contribution is 6.36. The Labute approximate surface area is 193 Å². The molecule has 2 amide bonds. The fourth-order valence-electron chi connectivity index (χ4n) is 3.12. The normalized spacial score (nSPS) is 12.9. The van der Waals surface area contributed by atoms with Gasteiger partial charge in [0.25, 0.3) is 0 Å². The molecule has 0 aliphatic heterocycles. The van der Waals surface area contributed by atoms with Gasteiger partial charge in [0.2, 0.25) is 11.8 Å². The summed E-state index contributed by atoms with van der Waals surface area (Å²) < 4.78 is 0. The molecule has 0 fully saturated rings. The predicted octanol–water partition coefficient (Wildman–Crippen LogP) is 5.91. The molecular formula is C23H27Cl3N2O2. The standard InChI is InChI=1S/C23H27Cl3N2O2/c1-4-15(3)27-23(30)21(5-2)28(14-17-19(25)11-8-12-20(17)26)22(29)13-16-9-6-7-10-18(16)24/h6-12,15,21H,4-5,13-14H2,1-3H3,(H,27,30). The zero-order valence-electron chi connectivity index (χ0n) is 17.4. The van der Waals surface area contributed by atoms with Crippen molar-refractivity contribution in [3.63, 3.8) is 0 Å². The molecule has 0 bridgehead atoms. The van der Waals surface area contributed by atoms with Crippen molar-refractivity contribution in [2.24, 2.45) is 0 Å². The molecule has 162 valence electrons. The molecule has 0 aliphatic carbocycles. The summed E-state index contributed by atoms with van der Waals surface area (Å²) in [5, 5.41) is 4.40. The van der Waals surface area contributed by atoms with Crippen LogP contribution in [0.4, 0.5) is 0 Å². The van der Waals surface area contributed by atoms with E-state index in [2.05, 4.69) is 5.32 Å². The molecule has 0 aliphatic rings. The van der Waals surface area contributed by atoms with Crippen molar-refractivity contribution in [1.29, 1.82) is 0 Å². The number of nitrogens with one attached hydrogen (secondary N) is 1. The summed E-state index contributed by atoms with van der Waals surface area (Å²) in [5.41, 5.74) is 1.32. The first-order valence-corrected chi connectivity index (χ1v) is 11.2. The van der Waals surface area contributed by atoms with Gasteiger partial charge in [0, 0.05) is 33.2 Å². The van der Waals surface area contributed by atoms with Crippen LogP contribution in [0.25, 0.3) is 0 Å². The van der Waals surface area contributed by atoms with Gasteiger partial charge in [-0.05, 0) is 43.5 Å². The second kappa shape index (κ2) is 11.6. The van der Waals surface area contributed by atoms with Crippen LogP contribution in [0.3, 0.4) is 0 Å². The molecule has 2 aromatic carbocycles. The Morgan fingerprint density at radius 2 is 1.53 bits per heavy atom. The maximum absolute atomic E-state index is 13.4. The Hall–Kier alpha value is -1.75. The van der Waals surface area contributed by atoms with E-state index in [1.807, 2.05) is 32.9 Å². The first kappa shape index (κ1) is 24.5. The van der Waals surface area contributed by atoms with E-state index in [-0.39, 0.29) is 30.8 Å². The molecule has 1 N–H and O–H groups in total. The lowest BCUT2D eigenvalue weighted by Crippen LogP contribution is -2.51. The van der Waals surface area contributed by atoms with Gasteiger partial charge in [-0.15, -0.1) is 0 Å². The summed E-state index contributed by atoms with van der Waals surface area (Å²) in [6.07, 6.45) is 1.33. The van der Waals surface area contributed by atoms with Crippen LogP contribution < -0.4 is 5.32 Å². The Morgan fingerprint density at radius 1 is 0.933 bits per heavy atom. The molecular weight excluding hydrogens is 443 g/mol. The Balaban J connectivity index is 2.38. The lowest BCUT2D eigenvalue weighted by atomic mass is 10.1. The fourth-order valence-corrected chi connectivity index (χ4v) is 3.84. The number of nitrogens with zero attached hydrogens (tertiary/aromatic N) is 1. The SMILES string of the molecule is CCC(C)NC(=O)C(CC)N(Cc1c(Cl)cccc1Cl)C(=O)Cc1ccccc1Cl. The van der Waals surface area contributed by atoms with E-state index in [1.165, 1.54) is 0 Å². The molecule has 2 rings (SSSR count). The number of hydrogen-bond donors (Lipinski definition) is 1. The van der Waals surface area contributed by atoms with Crippen LogP contribution in [0.15, 0.2) is 42.5 Å². The van der Waals surface area contributed by atoms with Gasteiger partial charge in [-0.25, -0.2) is 0 Å². The molecule has 7 heteroatoms. The molecule has 0 aromatic heterocycles. The highest BCUT2D eigenvalue weighted by atomic mass is 35.5. The van der Waals surface area contributed by atoms with Crippen LogP contribution in [0.2, 0.25) is 15.1 Å². The van der Waals surface area contributed by atoms with Crippen LogP contribution in [0, 0.1) is 0 Å². The Morgan fingerprint density at radius 3 is 2.10 bits per heavy atom. The van der Waals surface area contributed by atoms with Crippen molar-refractivity contribution in [3.8, 4) is 0 Å². The lowest BCUT2D eigenvalue weighted by molar-refractivity contribution is -0.141. The first-order valence-electron chi connectivity index (χ1n) is 10.0. The van der Waals surface area contributed by atoms with E-state index in [4.69, 9.17) is 34.8 Å². The maximum Gasteiger partial charge on any atom is 0.243 e. The summed E-state index contributed by atoms with van der Waals surface area (Å²) in [6.45, 7) is 5.94. The van der Waals surface area contributed by atoms with Crippen molar-refractivity contribution in [2.45, 2.75) is 58.7 Å². The number of rotatable bonds is 9. The minimum atomic E-state index is -0.652. The second-order valence-corrected chi connectivity index (χ2v) is 8.45. The van der Waals surface area contributed by atoms with Crippen molar-refractivity contribution >= 4 is 46.6 Å². The summed E-state index contributed by atoms with van der Waals surface area (Å²) in [6, 6.07) is 11.7. The quantitative estimate of drug-likeness (QED) is 0.496. The van der Waals surface area contributed by atoms with E-state index < -0.39 is 6.04 Å². The third-order valence-electron chi connectivity index (χ3n) is 5.08. The number of benzene rings is 2. The largest absolute Gasteiger partial charge is 0.352 e. The fraction of sp³-hybridized carbons (Fsp3) is 0.391. The third-order valence-corrected chi connectivity index (χ3v) is 6.15. The van der Waals surface area contributed by atoms with Gasteiger partial charge in [-0.3, -0.25) is 9.59 Å². The van der Waals surface area contributed by atoms with Crippen LogP contribution in [-0.4, -0.2) is 28.8 Å². The minimum Gasteiger partial charge on any atom is -0.352 e. The molecule has 0 radical (unpaired) electrons. The molecule has 0 spiro atoms. The first-order chi connectivity index (χ1) is 14.3. The van der Waals surface area contributed by atoms with Crippen LogP contribution >= 0.6 is 34.8 Å². The van der Waals surface area contributed by atoms with Crippen LogP contribution in [0.5, 0.6) is 0 Å². The van der Waals surface area contributed by atoms with E-state index >= 15 is 0 Å². The molecule has 2 unspecified atom stereocenters. The Bertz CT molecular complexity index is 868. The van der Waals surface area contributed by atoms with E-state index in [1.54, 1.807) is 35.2 Å². The molecule has 0 saturated carbocycles. The smallest absolute Gasteiger partial charge is 0.243 e. The summed E-state index contributed by atoms with van der Waals surface area (Å²) in [4.78, 5) is 27.9. The molecule has 0 saturated heterocycles. The van der Waals surface area contributed by atoms with Crippen molar-refractivity contribution in [1.82, 2.24) is 10.2 Å². The van der Waals surface area contributed by atoms with Crippen molar-refractivity contribution in [3.05, 3.63) is 68.7 Å². The number of halogens is 3. The highest BCUT2D eigenvalue weighted by Gasteiger charge is 2.30. The molecule has 30 heavy (non-hydrogen) atoms. The second-order valence-electron chi connectivity index (χ2n) is 7.23. The van der Waals surface area contributed by atoms with Gasteiger partial charge in [0.15, 0.2) is 0 Å². The predicted molar refractivity (Wildman–Crippen MR) is 124 cm³/mol. The molecule has 0 heterocycles. The summed E-state index contributed by atoms with van der Waals surface area (Å²) in [5.74, 6) is -0.409. The van der Waals surface area contributed by atoms with Gasteiger partial charge in [0.05, 0.1) is 6.42 Å². The summed E-state index contributed by atoms with van der Waals surface area (Å²) >= 11 is 19.0. The molecule has 4 nitrogen and oxygen atoms in total. The van der Waals surface area contributed by atoms with Crippen LogP contribution in [-0.2, 0) is 22.6 Å². The number of carbonyl (C=O) groups is 2. The Kier molecular flexibility index (Phi) is 9.47. The molecule has 2 aromatic rings.